The first-order chi connectivity index (χ1) is 11.7. The van der Waals surface area contributed by atoms with Crippen LogP contribution in [0.1, 0.15) is 12.5 Å². The number of allylic oxidation sites excluding steroid dienone is 1. The van der Waals surface area contributed by atoms with Gasteiger partial charge in [-0.3, -0.25) is 4.98 Å². The number of pyridine rings is 1. The number of rotatable bonds is 2. The summed E-state index contributed by atoms with van der Waals surface area (Å²) in [5, 5.41) is 0. The summed E-state index contributed by atoms with van der Waals surface area (Å²) in [6.45, 7) is 3.21. The lowest BCUT2D eigenvalue weighted by molar-refractivity contribution is -0.160. The summed E-state index contributed by atoms with van der Waals surface area (Å²) in [7, 11) is 0. The lowest BCUT2D eigenvalue weighted by Crippen LogP contribution is -2.30. The predicted molar refractivity (Wildman–Crippen MR) is 90.5 cm³/mol. The van der Waals surface area contributed by atoms with Crippen molar-refractivity contribution in [1.82, 2.24) is 4.98 Å². The minimum Gasteiger partial charge on any atom is -0.341 e. The Morgan fingerprint density at radius 3 is 2.50 bits per heavy atom. The summed E-state index contributed by atoms with van der Waals surface area (Å²) in [5.41, 5.74) is 2.42. The van der Waals surface area contributed by atoms with Crippen LogP contribution in [0, 0.1) is 23.6 Å². The number of nitrogens with zero attached hydrogens (tertiary/aromatic N) is 1. The van der Waals surface area contributed by atoms with E-state index in [2.05, 4.69) is 22.9 Å². The third-order valence-electron chi connectivity index (χ3n) is 3.63. The Morgan fingerprint density at radius 2 is 1.88 bits per heavy atom. The van der Waals surface area contributed by atoms with Crippen LogP contribution in [0.4, 0.5) is 4.39 Å². The van der Waals surface area contributed by atoms with E-state index in [4.69, 9.17) is 9.47 Å². The van der Waals surface area contributed by atoms with Crippen LogP contribution in [0.2, 0.25) is 0 Å². The number of aromatic nitrogens is 1. The van der Waals surface area contributed by atoms with Gasteiger partial charge in [0.1, 0.15) is 5.82 Å². The molecule has 2 aromatic rings. The molecule has 1 saturated heterocycles. The van der Waals surface area contributed by atoms with Gasteiger partial charge in [-0.1, -0.05) is 18.1 Å². The zero-order valence-corrected chi connectivity index (χ0v) is 13.4. The summed E-state index contributed by atoms with van der Waals surface area (Å²) in [6, 6.07) is 9.99. The van der Waals surface area contributed by atoms with Crippen molar-refractivity contribution in [2.24, 2.45) is 5.92 Å². The lowest BCUT2D eigenvalue weighted by atomic mass is 10.1. The minimum absolute atomic E-state index is 0.259. The van der Waals surface area contributed by atoms with Crippen LogP contribution in [-0.4, -0.2) is 24.5 Å². The Kier molecular flexibility index (Phi) is 5.37. The summed E-state index contributed by atoms with van der Waals surface area (Å²) in [4.78, 5) is 4.36. The van der Waals surface area contributed by atoms with E-state index in [9.17, 15) is 4.39 Å². The molecule has 3 nitrogen and oxygen atoms in total. The highest BCUT2D eigenvalue weighted by Gasteiger charge is 2.18. The average Bonchev–Trinajstić information content (AvgIpc) is 2.63. The third kappa shape index (κ3) is 4.29. The van der Waals surface area contributed by atoms with Gasteiger partial charge in [0.25, 0.3) is 0 Å². The average molecular weight is 323 g/mol. The van der Waals surface area contributed by atoms with Crippen LogP contribution in [0.25, 0.3) is 11.3 Å². The van der Waals surface area contributed by atoms with E-state index in [0.29, 0.717) is 19.1 Å². The number of benzene rings is 1. The highest BCUT2D eigenvalue weighted by atomic mass is 19.1. The van der Waals surface area contributed by atoms with Crippen LogP contribution < -0.4 is 0 Å². The Morgan fingerprint density at radius 1 is 1.12 bits per heavy atom. The van der Waals surface area contributed by atoms with Crippen molar-refractivity contribution >= 4 is 0 Å². The van der Waals surface area contributed by atoms with Crippen LogP contribution in [0.5, 0.6) is 0 Å². The third-order valence-corrected chi connectivity index (χ3v) is 3.63. The van der Waals surface area contributed by atoms with Crippen LogP contribution in [0.15, 0.2) is 54.7 Å². The second kappa shape index (κ2) is 7.87. The Labute approximate surface area is 141 Å². The van der Waals surface area contributed by atoms with Gasteiger partial charge in [0.2, 0.25) is 6.29 Å². The van der Waals surface area contributed by atoms with Crippen molar-refractivity contribution in [3.63, 3.8) is 0 Å². The van der Waals surface area contributed by atoms with E-state index in [-0.39, 0.29) is 5.82 Å². The molecule has 4 heteroatoms. The summed E-state index contributed by atoms with van der Waals surface area (Å²) in [5.74, 6) is 6.00. The van der Waals surface area contributed by atoms with Crippen molar-refractivity contribution in [2.75, 3.05) is 13.2 Å². The van der Waals surface area contributed by atoms with Crippen molar-refractivity contribution < 1.29 is 13.9 Å². The van der Waals surface area contributed by atoms with Crippen molar-refractivity contribution in [1.29, 1.82) is 0 Å². The molecule has 0 radical (unpaired) electrons. The van der Waals surface area contributed by atoms with Gasteiger partial charge in [0, 0.05) is 23.2 Å². The normalized spacial score (nSPS) is 20.6. The maximum absolute atomic E-state index is 12.9. The molecule has 0 amide bonds. The molecule has 0 atom stereocenters. The second-order valence-electron chi connectivity index (χ2n) is 5.49. The van der Waals surface area contributed by atoms with Gasteiger partial charge in [0.15, 0.2) is 0 Å². The SMILES string of the molecule is C/C=C/[C@H]1CO[C@H](C#Cc2ccc(-c3ccc(F)cc3)nc2)OC1. The van der Waals surface area contributed by atoms with Crippen molar-refractivity contribution in [2.45, 2.75) is 13.2 Å². The fraction of sp³-hybridized carbons (Fsp3) is 0.250. The first-order valence-electron chi connectivity index (χ1n) is 7.84. The Hall–Kier alpha value is -2.48. The van der Waals surface area contributed by atoms with Gasteiger partial charge in [-0.15, -0.1) is 0 Å². The molecule has 0 aliphatic carbocycles. The zero-order valence-electron chi connectivity index (χ0n) is 13.4. The van der Waals surface area contributed by atoms with E-state index in [1.54, 1.807) is 18.3 Å². The molecule has 1 aliphatic rings. The molecule has 1 fully saturated rings. The monoisotopic (exact) mass is 323 g/mol. The van der Waals surface area contributed by atoms with E-state index in [0.717, 1.165) is 16.8 Å². The topological polar surface area (TPSA) is 31.4 Å². The van der Waals surface area contributed by atoms with E-state index in [1.807, 2.05) is 25.1 Å². The largest absolute Gasteiger partial charge is 0.341 e. The minimum atomic E-state index is -0.497. The fourth-order valence-electron chi connectivity index (χ4n) is 2.39. The van der Waals surface area contributed by atoms with Gasteiger partial charge in [0.05, 0.1) is 18.9 Å². The van der Waals surface area contributed by atoms with Gasteiger partial charge < -0.3 is 9.47 Å². The van der Waals surface area contributed by atoms with Crippen molar-refractivity contribution in [3.8, 4) is 23.1 Å². The molecule has 1 aromatic carbocycles. The molecule has 0 N–H and O–H groups in total. The highest BCUT2D eigenvalue weighted by Crippen LogP contribution is 2.17. The summed E-state index contributed by atoms with van der Waals surface area (Å²) in [6.07, 6.45) is 5.26. The van der Waals surface area contributed by atoms with Gasteiger partial charge >= 0.3 is 0 Å². The quantitative estimate of drug-likeness (QED) is 0.622. The molecular formula is C20H18FNO2. The molecule has 0 unspecified atom stereocenters. The Bertz CT molecular complexity index is 749. The summed E-state index contributed by atoms with van der Waals surface area (Å²) < 4.78 is 24.1. The van der Waals surface area contributed by atoms with Crippen LogP contribution in [-0.2, 0) is 9.47 Å². The zero-order chi connectivity index (χ0) is 16.8. The van der Waals surface area contributed by atoms with E-state index < -0.39 is 6.29 Å². The molecule has 0 spiro atoms. The first kappa shape index (κ1) is 16.4. The molecule has 0 bridgehead atoms. The van der Waals surface area contributed by atoms with Crippen LogP contribution in [0.3, 0.4) is 0 Å². The van der Waals surface area contributed by atoms with Crippen molar-refractivity contribution in [3.05, 3.63) is 66.1 Å². The van der Waals surface area contributed by atoms with E-state index >= 15 is 0 Å². The van der Waals surface area contributed by atoms with E-state index in [1.165, 1.54) is 12.1 Å². The van der Waals surface area contributed by atoms with Gasteiger partial charge in [-0.2, -0.15) is 0 Å². The maximum Gasteiger partial charge on any atom is 0.222 e. The smallest absolute Gasteiger partial charge is 0.222 e. The molecule has 3 rings (SSSR count). The second-order valence-corrected chi connectivity index (χ2v) is 5.49. The number of halogens is 1. The summed E-state index contributed by atoms with van der Waals surface area (Å²) >= 11 is 0. The fourth-order valence-corrected chi connectivity index (χ4v) is 2.39. The number of hydrogen-bond acceptors (Lipinski definition) is 3. The number of ether oxygens (including phenoxy) is 2. The molecule has 122 valence electrons. The highest BCUT2D eigenvalue weighted by molar-refractivity contribution is 5.59. The standard InChI is InChI=1S/C20H18FNO2/c1-2-3-16-13-23-20(24-14-16)11-5-15-4-10-19(22-12-15)17-6-8-18(21)9-7-17/h2-4,6-10,12,16,20H,13-14H2,1H3/b3-2+/t16-,20-. The first-order valence-corrected chi connectivity index (χ1v) is 7.84. The lowest BCUT2D eigenvalue weighted by Gasteiger charge is -2.24. The Balaban J connectivity index is 1.62. The maximum atomic E-state index is 12.9. The molecule has 0 saturated carbocycles. The van der Waals surface area contributed by atoms with Crippen LogP contribution >= 0.6 is 0 Å². The number of hydrogen-bond donors (Lipinski definition) is 0. The molecule has 1 aliphatic heterocycles. The molecular weight excluding hydrogens is 305 g/mol. The predicted octanol–water partition coefficient (Wildman–Crippen LogP) is 3.80. The molecule has 1 aromatic heterocycles. The molecule has 24 heavy (non-hydrogen) atoms. The molecule has 2 heterocycles. The van der Waals surface area contributed by atoms with Gasteiger partial charge in [-0.05, 0) is 49.2 Å². The van der Waals surface area contributed by atoms with Gasteiger partial charge in [-0.25, -0.2) is 4.39 Å².